The zero-order valence-corrected chi connectivity index (χ0v) is 20.3. The van der Waals surface area contributed by atoms with Gasteiger partial charge in [-0.1, -0.05) is 6.08 Å². The quantitative estimate of drug-likeness (QED) is 0.477. The number of hydrogen-bond acceptors (Lipinski definition) is 8. The Kier molecular flexibility index (Phi) is 5.59. The molecule has 38 heavy (non-hydrogen) atoms. The second-order valence-electron chi connectivity index (χ2n) is 9.57. The Hall–Kier alpha value is -4.74. The van der Waals surface area contributed by atoms with Gasteiger partial charge in [-0.3, -0.25) is 24.7 Å². The number of nitrogens with zero attached hydrogens (tertiary/aromatic N) is 3. The average molecular weight is 517 g/mol. The SMILES string of the molecule is COC1=CC2C(=O)N(CC3(C4Cc5nc(NC(=O)c6cccnc6)ccc5O4)NC(=O)NC3=O)CC2C=C1. The van der Waals surface area contributed by atoms with E-state index in [4.69, 9.17) is 9.47 Å². The van der Waals surface area contributed by atoms with Crippen LogP contribution < -0.4 is 20.7 Å². The van der Waals surface area contributed by atoms with Crippen molar-refractivity contribution in [2.45, 2.75) is 18.1 Å². The number of hydrogen-bond donors (Lipinski definition) is 3. The summed E-state index contributed by atoms with van der Waals surface area (Å²) in [4.78, 5) is 61.3. The number of ether oxygens (including phenoxy) is 2. The number of likely N-dealkylation sites (tertiary alicyclic amines) is 1. The first kappa shape index (κ1) is 23.6. The fraction of sp³-hybridized carbons (Fsp3) is 0.308. The molecule has 2 saturated heterocycles. The molecule has 1 aliphatic carbocycles. The molecule has 2 fully saturated rings. The predicted octanol–water partition coefficient (Wildman–Crippen LogP) is 0.785. The van der Waals surface area contributed by atoms with Crippen molar-refractivity contribution >= 4 is 29.6 Å². The first-order valence-electron chi connectivity index (χ1n) is 12.1. The molecule has 4 unspecified atom stereocenters. The summed E-state index contributed by atoms with van der Waals surface area (Å²) in [6.07, 6.45) is 7.91. The minimum atomic E-state index is -1.52. The van der Waals surface area contributed by atoms with E-state index in [9.17, 15) is 19.2 Å². The normalized spacial score (nSPS) is 27.2. The molecular formula is C26H24N6O6. The third kappa shape index (κ3) is 3.94. The molecule has 0 saturated carbocycles. The lowest BCUT2D eigenvalue weighted by atomic mass is 9.89. The molecule has 3 aliphatic heterocycles. The molecule has 3 N–H and O–H groups in total. The van der Waals surface area contributed by atoms with Crippen LogP contribution in [0, 0.1) is 11.8 Å². The number of amides is 5. The van der Waals surface area contributed by atoms with Gasteiger partial charge in [0.1, 0.15) is 23.4 Å². The highest BCUT2D eigenvalue weighted by Gasteiger charge is 2.58. The number of pyridine rings is 2. The zero-order valence-electron chi connectivity index (χ0n) is 20.3. The first-order chi connectivity index (χ1) is 18.4. The maximum atomic E-state index is 13.3. The van der Waals surface area contributed by atoms with Crippen molar-refractivity contribution in [2.24, 2.45) is 11.8 Å². The van der Waals surface area contributed by atoms with E-state index in [1.54, 1.807) is 48.5 Å². The van der Waals surface area contributed by atoms with Crippen LogP contribution in [0.4, 0.5) is 10.6 Å². The van der Waals surface area contributed by atoms with Gasteiger partial charge in [0.05, 0.1) is 30.8 Å². The Bertz CT molecular complexity index is 1410. The molecular weight excluding hydrogens is 492 g/mol. The van der Waals surface area contributed by atoms with Crippen molar-refractivity contribution in [3.05, 3.63) is 71.9 Å². The molecule has 0 spiro atoms. The number of allylic oxidation sites excluding steroid dienone is 1. The third-order valence-electron chi connectivity index (χ3n) is 7.28. The molecule has 12 heteroatoms. The number of imide groups is 1. The standard InChI is InChI=1S/C26H24N6O6/c1-37-16-5-4-15-12-32(23(34)17(15)9-16)13-26(24(35)30-25(36)31-26)20-10-18-19(38-20)6-7-21(28-18)29-22(33)14-3-2-8-27-11-14/h2-9,11,15,17,20H,10,12-13H2,1H3,(H,28,29,33)(H2,30,31,35,36). The number of rotatable bonds is 6. The molecule has 4 aliphatic rings. The maximum absolute atomic E-state index is 13.3. The maximum Gasteiger partial charge on any atom is 0.322 e. The summed E-state index contributed by atoms with van der Waals surface area (Å²) in [6, 6.07) is 5.89. The predicted molar refractivity (Wildman–Crippen MR) is 132 cm³/mol. The number of aromatic nitrogens is 2. The molecule has 2 aromatic rings. The fourth-order valence-electron chi connectivity index (χ4n) is 5.35. The molecule has 12 nitrogen and oxygen atoms in total. The Balaban J connectivity index is 1.22. The van der Waals surface area contributed by atoms with Gasteiger partial charge in [-0.25, -0.2) is 9.78 Å². The van der Waals surface area contributed by atoms with E-state index < -0.39 is 29.5 Å². The average Bonchev–Trinajstić information content (AvgIpc) is 3.57. The molecule has 194 valence electrons. The molecule has 4 atom stereocenters. The van der Waals surface area contributed by atoms with Gasteiger partial charge in [-0.15, -0.1) is 0 Å². The number of nitrogens with one attached hydrogen (secondary N) is 3. The van der Waals surface area contributed by atoms with Crippen molar-refractivity contribution in [1.82, 2.24) is 25.5 Å². The summed E-state index contributed by atoms with van der Waals surface area (Å²) < 4.78 is 11.4. The molecule has 0 aromatic carbocycles. The Morgan fingerprint density at radius 2 is 2.16 bits per heavy atom. The lowest BCUT2D eigenvalue weighted by molar-refractivity contribution is -0.134. The minimum Gasteiger partial charge on any atom is -0.497 e. The van der Waals surface area contributed by atoms with Crippen LogP contribution in [0.25, 0.3) is 0 Å². The molecule has 5 amide bonds. The molecule has 0 radical (unpaired) electrons. The monoisotopic (exact) mass is 516 g/mol. The van der Waals surface area contributed by atoms with Crippen LogP contribution in [-0.2, 0) is 20.7 Å². The van der Waals surface area contributed by atoms with Gasteiger partial charge in [-0.2, -0.15) is 0 Å². The summed E-state index contributed by atoms with van der Waals surface area (Å²) in [7, 11) is 1.54. The van der Waals surface area contributed by atoms with E-state index >= 15 is 0 Å². The van der Waals surface area contributed by atoms with E-state index in [-0.39, 0.29) is 30.7 Å². The van der Waals surface area contributed by atoms with E-state index in [0.717, 1.165) is 0 Å². The highest BCUT2D eigenvalue weighted by molar-refractivity contribution is 6.08. The van der Waals surface area contributed by atoms with Crippen LogP contribution in [0.2, 0.25) is 0 Å². The summed E-state index contributed by atoms with van der Waals surface area (Å²) in [5, 5.41) is 7.76. The Labute approximate surface area is 217 Å². The zero-order chi connectivity index (χ0) is 26.4. The highest BCUT2D eigenvalue weighted by atomic mass is 16.5. The number of methoxy groups -OCH3 is 1. The van der Waals surface area contributed by atoms with Crippen molar-refractivity contribution in [1.29, 1.82) is 0 Å². The number of fused-ring (bicyclic) bond motifs is 2. The van der Waals surface area contributed by atoms with Crippen LogP contribution in [0.1, 0.15) is 16.1 Å². The number of carbonyl (C=O) groups excluding carboxylic acids is 4. The van der Waals surface area contributed by atoms with Gasteiger partial charge in [0.25, 0.3) is 11.8 Å². The van der Waals surface area contributed by atoms with Gasteiger partial charge >= 0.3 is 6.03 Å². The van der Waals surface area contributed by atoms with E-state index in [1.165, 1.54) is 6.20 Å². The molecule has 5 heterocycles. The van der Waals surface area contributed by atoms with Gasteiger partial charge in [0.15, 0.2) is 5.54 Å². The second kappa shape index (κ2) is 8.98. The van der Waals surface area contributed by atoms with Crippen molar-refractivity contribution in [2.75, 3.05) is 25.5 Å². The van der Waals surface area contributed by atoms with Crippen LogP contribution in [-0.4, -0.2) is 70.5 Å². The number of anilines is 1. The van der Waals surface area contributed by atoms with Gasteiger partial charge in [-0.05, 0) is 36.4 Å². The number of urea groups is 1. The lowest BCUT2D eigenvalue weighted by Crippen LogP contribution is -2.64. The smallest absolute Gasteiger partial charge is 0.322 e. The van der Waals surface area contributed by atoms with E-state index in [2.05, 4.69) is 25.9 Å². The Morgan fingerprint density at radius 1 is 1.29 bits per heavy atom. The van der Waals surface area contributed by atoms with Gasteiger partial charge in [0, 0.05) is 31.3 Å². The summed E-state index contributed by atoms with van der Waals surface area (Å²) >= 11 is 0. The molecule has 0 bridgehead atoms. The van der Waals surface area contributed by atoms with Crippen LogP contribution in [0.15, 0.2) is 60.6 Å². The van der Waals surface area contributed by atoms with Gasteiger partial charge in [0.2, 0.25) is 5.91 Å². The number of carbonyl (C=O) groups is 4. The fourth-order valence-corrected chi connectivity index (χ4v) is 5.35. The van der Waals surface area contributed by atoms with Crippen molar-refractivity contribution in [3.63, 3.8) is 0 Å². The Morgan fingerprint density at radius 3 is 2.89 bits per heavy atom. The topological polar surface area (TPSA) is 152 Å². The molecule has 2 aromatic heterocycles. The van der Waals surface area contributed by atoms with Crippen LogP contribution in [0.3, 0.4) is 0 Å². The van der Waals surface area contributed by atoms with Crippen molar-refractivity contribution < 1.29 is 28.7 Å². The summed E-state index contributed by atoms with van der Waals surface area (Å²) in [5.74, 6) is -0.215. The van der Waals surface area contributed by atoms with E-state index in [1.807, 2.05) is 12.2 Å². The summed E-state index contributed by atoms with van der Waals surface area (Å²) in [6.45, 7) is 0.324. The van der Waals surface area contributed by atoms with Crippen LogP contribution in [0.5, 0.6) is 5.75 Å². The van der Waals surface area contributed by atoms with Crippen molar-refractivity contribution in [3.8, 4) is 5.75 Å². The lowest BCUT2D eigenvalue weighted by Gasteiger charge is -2.35. The largest absolute Gasteiger partial charge is 0.497 e. The minimum absolute atomic E-state index is 0.0621. The van der Waals surface area contributed by atoms with Crippen LogP contribution >= 0.6 is 0 Å². The summed E-state index contributed by atoms with van der Waals surface area (Å²) in [5.41, 5.74) is -0.617. The molecule has 6 rings (SSSR count). The first-order valence-corrected chi connectivity index (χ1v) is 12.1. The second-order valence-corrected chi connectivity index (χ2v) is 9.57. The van der Waals surface area contributed by atoms with Gasteiger partial charge < -0.3 is 25.0 Å². The third-order valence-corrected chi connectivity index (χ3v) is 7.28. The van der Waals surface area contributed by atoms with E-state index in [0.29, 0.717) is 35.1 Å². The highest BCUT2D eigenvalue weighted by Crippen LogP contribution is 2.38.